The average molecular weight is 382 g/mol. The average Bonchev–Trinajstić information content (AvgIpc) is 2.55. The van der Waals surface area contributed by atoms with Crippen LogP contribution in [0.2, 0.25) is 0 Å². The Morgan fingerprint density at radius 1 is 1.19 bits per heavy atom. The minimum Gasteiger partial charge on any atom is -0.393 e. The molecule has 1 rings (SSSR count). The normalized spacial score (nSPS) is 16.4. The molecule has 1 aromatic carbocycles. The largest absolute Gasteiger partial charge is 0.393 e. The van der Waals surface area contributed by atoms with Crippen molar-refractivity contribution in [3.05, 3.63) is 35.4 Å². The predicted octanol–water partition coefficient (Wildman–Crippen LogP) is 1.69. The molecule has 0 radical (unpaired) electrons. The standard InChI is InChI=1S/C20H31FN2O4/c1-19(2,27)15-6-4-5-13(11-15)7-8-16(24)12-14(17(22)25)9-10-20(3,21)18(23)26/h4-6,11,14,16,24,27H,7-10,12H2,1-3H3,(H2,22,25)(H2,23,26). The van der Waals surface area contributed by atoms with Crippen LogP contribution in [0.5, 0.6) is 0 Å². The number of amides is 2. The van der Waals surface area contributed by atoms with Gasteiger partial charge in [-0.25, -0.2) is 4.39 Å². The van der Waals surface area contributed by atoms with Crippen LogP contribution in [0.3, 0.4) is 0 Å². The number of aryl methyl sites for hydroxylation is 1. The van der Waals surface area contributed by atoms with Gasteiger partial charge in [-0.1, -0.05) is 24.3 Å². The van der Waals surface area contributed by atoms with Gasteiger partial charge in [0.1, 0.15) is 0 Å². The van der Waals surface area contributed by atoms with Gasteiger partial charge in [0.15, 0.2) is 5.67 Å². The van der Waals surface area contributed by atoms with Crippen LogP contribution in [0.4, 0.5) is 4.39 Å². The third-order valence-corrected chi connectivity index (χ3v) is 4.83. The van der Waals surface area contributed by atoms with Crippen LogP contribution in [-0.2, 0) is 21.6 Å². The molecule has 0 saturated carbocycles. The lowest BCUT2D eigenvalue weighted by Gasteiger charge is -2.22. The van der Waals surface area contributed by atoms with E-state index in [1.165, 1.54) is 0 Å². The minimum absolute atomic E-state index is 0.0382. The summed E-state index contributed by atoms with van der Waals surface area (Å²) in [4.78, 5) is 22.6. The molecule has 0 bridgehead atoms. The van der Waals surface area contributed by atoms with E-state index in [1.54, 1.807) is 13.8 Å². The lowest BCUT2D eigenvalue weighted by atomic mass is 9.88. The molecule has 2 amide bonds. The highest BCUT2D eigenvalue weighted by molar-refractivity contribution is 5.83. The summed E-state index contributed by atoms with van der Waals surface area (Å²) in [5.74, 6) is -2.46. The van der Waals surface area contributed by atoms with Crippen LogP contribution in [0, 0.1) is 5.92 Å². The number of primary amides is 2. The summed E-state index contributed by atoms with van der Waals surface area (Å²) in [6.45, 7) is 4.46. The molecule has 3 unspecified atom stereocenters. The first-order chi connectivity index (χ1) is 12.3. The molecule has 7 heteroatoms. The fourth-order valence-electron chi connectivity index (χ4n) is 2.83. The van der Waals surface area contributed by atoms with Crippen LogP contribution in [0.15, 0.2) is 24.3 Å². The fraction of sp³-hybridized carbons (Fsp3) is 0.600. The Hall–Kier alpha value is -1.99. The van der Waals surface area contributed by atoms with Crippen molar-refractivity contribution in [2.45, 2.75) is 70.2 Å². The highest BCUT2D eigenvalue weighted by atomic mass is 19.1. The second-order valence-corrected chi connectivity index (χ2v) is 7.89. The zero-order chi connectivity index (χ0) is 20.8. The molecule has 3 atom stereocenters. The highest BCUT2D eigenvalue weighted by Gasteiger charge is 2.32. The van der Waals surface area contributed by atoms with E-state index in [9.17, 15) is 24.2 Å². The van der Waals surface area contributed by atoms with Gasteiger partial charge >= 0.3 is 0 Å². The number of hydrogen-bond donors (Lipinski definition) is 4. The summed E-state index contributed by atoms with van der Waals surface area (Å²) < 4.78 is 14.0. The van der Waals surface area contributed by atoms with Crippen molar-refractivity contribution in [1.29, 1.82) is 0 Å². The van der Waals surface area contributed by atoms with Gasteiger partial charge < -0.3 is 21.7 Å². The summed E-state index contributed by atoms with van der Waals surface area (Å²) in [6, 6.07) is 7.44. The number of carbonyl (C=O) groups is 2. The van der Waals surface area contributed by atoms with Gasteiger partial charge in [0, 0.05) is 5.92 Å². The molecule has 0 aromatic heterocycles. The van der Waals surface area contributed by atoms with Crippen molar-refractivity contribution in [2.75, 3.05) is 0 Å². The maximum absolute atomic E-state index is 14.0. The Kier molecular flexibility index (Phi) is 7.92. The summed E-state index contributed by atoms with van der Waals surface area (Å²) in [5, 5.41) is 20.3. The number of carbonyl (C=O) groups excluding carboxylic acids is 2. The Labute approximate surface area is 159 Å². The molecule has 6 N–H and O–H groups in total. The zero-order valence-electron chi connectivity index (χ0n) is 16.2. The van der Waals surface area contributed by atoms with Crippen molar-refractivity contribution in [1.82, 2.24) is 0 Å². The molecule has 0 fully saturated rings. The third kappa shape index (κ3) is 7.64. The van der Waals surface area contributed by atoms with E-state index in [2.05, 4.69) is 0 Å². The first kappa shape index (κ1) is 23.0. The molecule has 6 nitrogen and oxygen atoms in total. The molecule has 0 saturated heterocycles. The molecule has 1 aromatic rings. The molecule has 0 spiro atoms. The number of hydrogen-bond acceptors (Lipinski definition) is 4. The van der Waals surface area contributed by atoms with Gasteiger partial charge in [-0.2, -0.15) is 0 Å². The second-order valence-electron chi connectivity index (χ2n) is 7.89. The quantitative estimate of drug-likeness (QED) is 0.464. The van der Waals surface area contributed by atoms with E-state index in [0.29, 0.717) is 12.8 Å². The van der Waals surface area contributed by atoms with Gasteiger partial charge in [0.05, 0.1) is 11.7 Å². The molecular formula is C20H31FN2O4. The molecule has 27 heavy (non-hydrogen) atoms. The SMILES string of the molecule is CC(F)(CCC(CC(O)CCc1cccc(C(C)(C)O)c1)C(N)=O)C(N)=O. The van der Waals surface area contributed by atoms with Crippen LogP contribution in [0.1, 0.15) is 57.6 Å². The van der Waals surface area contributed by atoms with E-state index in [0.717, 1.165) is 18.1 Å². The summed E-state index contributed by atoms with van der Waals surface area (Å²) in [5.41, 5.74) is 8.90. The second kappa shape index (κ2) is 9.28. The van der Waals surface area contributed by atoms with Crippen LogP contribution in [-0.4, -0.2) is 33.8 Å². The van der Waals surface area contributed by atoms with Crippen molar-refractivity contribution >= 4 is 11.8 Å². The van der Waals surface area contributed by atoms with Crippen LogP contribution < -0.4 is 11.5 Å². The maximum atomic E-state index is 14.0. The van der Waals surface area contributed by atoms with Gasteiger partial charge in [0.2, 0.25) is 5.91 Å². The van der Waals surface area contributed by atoms with Crippen molar-refractivity contribution in [3.8, 4) is 0 Å². The monoisotopic (exact) mass is 382 g/mol. The van der Waals surface area contributed by atoms with E-state index in [4.69, 9.17) is 11.5 Å². The molecule has 0 aliphatic carbocycles. The number of aliphatic hydroxyl groups is 2. The summed E-state index contributed by atoms with van der Waals surface area (Å²) in [7, 11) is 0. The van der Waals surface area contributed by atoms with E-state index in [-0.39, 0.29) is 19.3 Å². The van der Waals surface area contributed by atoms with Gasteiger partial charge in [-0.15, -0.1) is 0 Å². The molecular weight excluding hydrogens is 351 g/mol. The predicted molar refractivity (Wildman–Crippen MR) is 101 cm³/mol. The number of halogens is 1. The molecule has 0 heterocycles. The lowest BCUT2D eigenvalue weighted by Crippen LogP contribution is -2.38. The third-order valence-electron chi connectivity index (χ3n) is 4.83. The van der Waals surface area contributed by atoms with Gasteiger partial charge in [-0.05, 0) is 64.0 Å². The number of alkyl halides is 1. The lowest BCUT2D eigenvalue weighted by molar-refractivity contribution is -0.130. The summed E-state index contributed by atoms with van der Waals surface area (Å²) >= 11 is 0. The Morgan fingerprint density at radius 3 is 2.33 bits per heavy atom. The van der Waals surface area contributed by atoms with Gasteiger partial charge in [0.25, 0.3) is 5.91 Å². The Morgan fingerprint density at radius 2 is 1.81 bits per heavy atom. The summed E-state index contributed by atoms with van der Waals surface area (Å²) in [6.07, 6.45) is 0.0515. The van der Waals surface area contributed by atoms with E-state index in [1.807, 2.05) is 24.3 Å². The number of aliphatic hydroxyl groups excluding tert-OH is 1. The van der Waals surface area contributed by atoms with E-state index < -0.39 is 35.1 Å². The van der Waals surface area contributed by atoms with Gasteiger partial charge in [-0.3, -0.25) is 9.59 Å². The van der Waals surface area contributed by atoms with Crippen LogP contribution >= 0.6 is 0 Å². The maximum Gasteiger partial charge on any atom is 0.254 e. The smallest absolute Gasteiger partial charge is 0.254 e. The molecule has 0 aliphatic heterocycles. The Balaban J connectivity index is 2.61. The van der Waals surface area contributed by atoms with Crippen molar-refractivity contribution in [3.63, 3.8) is 0 Å². The molecule has 0 aliphatic rings. The first-order valence-electron chi connectivity index (χ1n) is 9.11. The number of nitrogens with two attached hydrogens (primary N) is 2. The Bertz CT molecular complexity index is 656. The fourth-order valence-corrected chi connectivity index (χ4v) is 2.83. The number of rotatable bonds is 11. The van der Waals surface area contributed by atoms with Crippen molar-refractivity contribution < 1.29 is 24.2 Å². The topological polar surface area (TPSA) is 127 Å². The molecule has 152 valence electrons. The number of benzene rings is 1. The first-order valence-corrected chi connectivity index (χ1v) is 9.11. The van der Waals surface area contributed by atoms with E-state index >= 15 is 0 Å². The zero-order valence-corrected chi connectivity index (χ0v) is 16.2. The highest BCUT2D eigenvalue weighted by Crippen LogP contribution is 2.25. The minimum atomic E-state index is -2.21. The van der Waals surface area contributed by atoms with Crippen LogP contribution in [0.25, 0.3) is 0 Å². The van der Waals surface area contributed by atoms with Crippen molar-refractivity contribution in [2.24, 2.45) is 17.4 Å².